The predicted molar refractivity (Wildman–Crippen MR) is 120 cm³/mol. The first-order valence-electron chi connectivity index (χ1n) is 9.24. The van der Waals surface area contributed by atoms with Crippen LogP contribution in [0, 0.1) is 0 Å². The maximum Gasteiger partial charge on any atom is 0.339 e. The number of benzene rings is 2. The van der Waals surface area contributed by atoms with E-state index in [2.05, 4.69) is 15.5 Å². The van der Waals surface area contributed by atoms with Gasteiger partial charge < -0.3 is 10.1 Å². The van der Waals surface area contributed by atoms with Crippen molar-refractivity contribution in [2.24, 2.45) is 10.2 Å². The summed E-state index contributed by atoms with van der Waals surface area (Å²) >= 11 is 13.6. The summed E-state index contributed by atoms with van der Waals surface area (Å²) in [5.41, 5.74) is 2.85. The van der Waals surface area contributed by atoms with E-state index in [1.54, 1.807) is 31.2 Å². The van der Waals surface area contributed by atoms with Crippen molar-refractivity contribution < 1.29 is 14.3 Å². The van der Waals surface area contributed by atoms with Gasteiger partial charge in [0.15, 0.2) is 5.17 Å². The molecule has 2 aromatic carbocycles. The Labute approximate surface area is 187 Å². The van der Waals surface area contributed by atoms with Gasteiger partial charge in [-0.1, -0.05) is 65.3 Å². The van der Waals surface area contributed by atoms with Crippen molar-refractivity contribution in [1.29, 1.82) is 0 Å². The highest BCUT2D eigenvalue weighted by atomic mass is 35.5. The van der Waals surface area contributed by atoms with Crippen LogP contribution in [0.1, 0.15) is 28.4 Å². The minimum absolute atomic E-state index is 0.166. The van der Waals surface area contributed by atoms with E-state index in [1.807, 2.05) is 18.2 Å². The number of hydrogen-bond acceptors (Lipinski definition) is 6. The third-order valence-corrected chi connectivity index (χ3v) is 6.80. The fraction of sp³-hybridized carbons (Fsp3) is 0.238. The number of rotatable bonds is 4. The molecule has 4 rings (SSSR count). The van der Waals surface area contributed by atoms with Crippen molar-refractivity contribution in [1.82, 2.24) is 5.32 Å². The Balaban J connectivity index is 1.44. The molecular formula is C21H17Cl2N3O3S. The average molecular weight is 462 g/mol. The van der Waals surface area contributed by atoms with Crippen LogP contribution >= 0.6 is 35.0 Å². The van der Waals surface area contributed by atoms with Gasteiger partial charge in [0, 0.05) is 6.42 Å². The summed E-state index contributed by atoms with van der Waals surface area (Å²) in [5.74, 6) is -0.535. The number of carbonyl (C=O) groups excluding carboxylic acids is 2. The quantitative estimate of drug-likeness (QED) is 0.418. The summed E-state index contributed by atoms with van der Waals surface area (Å²) < 4.78 is 5.48. The smallest absolute Gasteiger partial charge is 0.339 e. The van der Waals surface area contributed by atoms with E-state index in [1.165, 1.54) is 11.8 Å². The van der Waals surface area contributed by atoms with Crippen molar-refractivity contribution in [3.05, 3.63) is 69.2 Å². The van der Waals surface area contributed by atoms with Gasteiger partial charge in [-0.25, -0.2) is 4.79 Å². The highest BCUT2D eigenvalue weighted by Crippen LogP contribution is 2.30. The highest BCUT2D eigenvalue weighted by Gasteiger charge is 2.32. The third kappa shape index (κ3) is 4.38. The van der Waals surface area contributed by atoms with E-state index in [9.17, 15) is 9.59 Å². The number of thioether (sulfide) groups is 1. The van der Waals surface area contributed by atoms with E-state index in [-0.39, 0.29) is 17.1 Å². The molecule has 154 valence electrons. The lowest BCUT2D eigenvalue weighted by molar-refractivity contribution is -0.118. The minimum Gasteiger partial charge on any atom is -0.452 e. The van der Waals surface area contributed by atoms with Gasteiger partial charge in [0.1, 0.15) is 6.10 Å². The second-order valence-electron chi connectivity index (χ2n) is 6.91. The lowest BCUT2D eigenvalue weighted by Crippen LogP contribution is -2.33. The molecule has 9 heteroatoms. The molecule has 2 aromatic rings. The van der Waals surface area contributed by atoms with Gasteiger partial charge >= 0.3 is 5.97 Å². The van der Waals surface area contributed by atoms with E-state index in [0.29, 0.717) is 39.3 Å². The molecule has 1 saturated heterocycles. The standard InChI is InChI=1S/C21H17Cl2N3O3S/c1-11(16-9-12-5-2-3-7-14(12)20(28)29-16)25-26-21-24-19(27)17(30-21)10-13-6-4-8-15(22)18(13)23/h2-8,16-17H,9-10H2,1H3,(H,24,26,27)/b25-11-/t16-,17-/m1/s1. The van der Waals surface area contributed by atoms with Crippen molar-refractivity contribution in [3.8, 4) is 0 Å². The largest absolute Gasteiger partial charge is 0.452 e. The number of ether oxygens (including phenoxy) is 1. The number of esters is 1. The molecule has 0 bridgehead atoms. The molecule has 0 radical (unpaired) electrons. The van der Waals surface area contributed by atoms with Gasteiger partial charge in [-0.05, 0) is 36.6 Å². The molecule has 1 fully saturated rings. The molecule has 0 unspecified atom stereocenters. The van der Waals surface area contributed by atoms with Gasteiger partial charge in [0.05, 0.1) is 26.6 Å². The Kier molecular flexibility index (Phi) is 6.13. The lowest BCUT2D eigenvalue weighted by atomic mass is 9.97. The summed E-state index contributed by atoms with van der Waals surface area (Å²) in [6.07, 6.45) is 0.478. The minimum atomic E-state index is -0.486. The van der Waals surface area contributed by atoms with Crippen LogP contribution in [-0.2, 0) is 22.4 Å². The molecular weight excluding hydrogens is 445 g/mol. The van der Waals surface area contributed by atoms with Crippen LogP contribution in [0.3, 0.4) is 0 Å². The fourth-order valence-corrected chi connectivity index (χ4v) is 4.59. The monoisotopic (exact) mass is 461 g/mol. The fourth-order valence-electron chi connectivity index (χ4n) is 3.25. The Morgan fingerprint density at radius 3 is 2.83 bits per heavy atom. The zero-order valence-corrected chi connectivity index (χ0v) is 18.2. The molecule has 0 aliphatic carbocycles. The first-order valence-corrected chi connectivity index (χ1v) is 10.9. The third-order valence-electron chi connectivity index (χ3n) is 4.87. The molecule has 2 aliphatic rings. The Morgan fingerprint density at radius 1 is 1.20 bits per heavy atom. The van der Waals surface area contributed by atoms with Crippen molar-refractivity contribution in [3.63, 3.8) is 0 Å². The van der Waals surface area contributed by atoms with E-state index in [0.717, 1.165) is 11.1 Å². The summed E-state index contributed by atoms with van der Waals surface area (Å²) in [4.78, 5) is 24.5. The van der Waals surface area contributed by atoms with Crippen LogP contribution in [0.5, 0.6) is 0 Å². The SMILES string of the molecule is C/C(=N/N=C1\NC(=O)[C@@H](Cc2cccc(Cl)c2Cl)S1)[C@H]1Cc2ccccc2C(=O)O1. The molecule has 1 amide bonds. The second kappa shape index (κ2) is 8.79. The van der Waals surface area contributed by atoms with Crippen molar-refractivity contribution >= 4 is 57.7 Å². The molecule has 0 aromatic heterocycles. The predicted octanol–water partition coefficient (Wildman–Crippen LogP) is 4.28. The van der Waals surface area contributed by atoms with Gasteiger partial charge in [-0.3, -0.25) is 4.79 Å². The van der Waals surface area contributed by atoms with E-state index < -0.39 is 6.10 Å². The van der Waals surface area contributed by atoms with Gasteiger partial charge in [0.2, 0.25) is 5.91 Å². The van der Waals surface area contributed by atoms with Crippen molar-refractivity contribution in [2.45, 2.75) is 31.1 Å². The van der Waals surface area contributed by atoms with E-state index >= 15 is 0 Å². The van der Waals surface area contributed by atoms with Crippen LogP contribution in [-0.4, -0.2) is 34.1 Å². The van der Waals surface area contributed by atoms with Crippen LogP contribution in [0.4, 0.5) is 0 Å². The molecule has 0 saturated carbocycles. The maximum atomic E-state index is 12.3. The Bertz CT molecular complexity index is 1090. The average Bonchev–Trinajstić information content (AvgIpc) is 3.09. The Hall–Kier alpha value is -2.35. The normalized spacial score (nSPS) is 22.6. The van der Waals surface area contributed by atoms with Gasteiger partial charge in [-0.15, -0.1) is 5.10 Å². The summed E-state index contributed by atoms with van der Waals surface area (Å²) in [6, 6.07) is 12.7. The molecule has 2 atom stereocenters. The van der Waals surface area contributed by atoms with Crippen LogP contribution < -0.4 is 5.32 Å². The summed E-state index contributed by atoms with van der Waals surface area (Å²) in [7, 11) is 0. The number of hydrogen-bond donors (Lipinski definition) is 1. The first kappa shape index (κ1) is 20.9. The zero-order valence-electron chi connectivity index (χ0n) is 15.9. The molecule has 2 heterocycles. The van der Waals surface area contributed by atoms with Crippen molar-refractivity contribution in [2.75, 3.05) is 0 Å². The van der Waals surface area contributed by atoms with Crippen LogP contribution in [0.15, 0.2) is 52.7 Å². The summed E-state index contributed by atoms with van der Waals surface area (Å²) in [6.45, 7) is 1.75. The second-order valence-corrected chi connectivity index (χ2v) is 8.89. The molecule has 0 spiro atoms. The lowest BCUT2D eigenvalue weighted by Gasteiger charge is -2.23. The van der Waals surface area contributed by atoms with E-state index in [4.69, 9.17) is 27.9 Å². The van der Waals surface area contributed by atoms with Gasteiger partial charge in [-0.2, -0.15) is 5.10 Å². The molecule has 30 heavy (non-hydrogen) atoms. The molecule has 6 nitrogen and oxygen atoms in total. The number of fused-ring (bicyclic) bond motifs is 1. The number of halogens is 2. The van der Waals surface area contributed by atoms with Crippen LogP contribution in [0.25, 0.3) is 0 Å². The topological polar surface area (TPSA) is 80.1 Å². The van der Waals surface area contributed by atoms with Gasteiger partial charge in [0.25, 0.3) is 0 Å². The summed E-state index contributed by atoms with van der Waals surface area (Å²) in [5, 5.41) is 12.0. The highest BCUT2D eigenvalue weighted by molar-refractivity contribution is 8.15. The molecule has 2 aliphatic heterocycles. The number of amidine groups is 1. The maximum absolute atomic E-state index is 12.3. The first-order chi connectivity index (χ1) is 14.4. The number of amides is 1. The Morgan fingerprint density at radius 2 is 2.00 bits per heavy atom. The number of nitrogens with zero attached hydrogens (tertiary/aromatic N) is 2. The molecule has 1 N–H and O–H groups in total. The van der Waals surface area contributed by atoms with Crippen LogP contribution in [0.2, 0.25) is 10.0 Å². The number of cyclic esters (lactones) is 1. The number of carbonyl (C=O) groups is 2. The zero-order chi connectivity index (χ0) is 21.3. The number of nitrogens with one attached hydrogen (secondary N) is 1.